The lowest BCUT2D eigenvalue weighted by Gasteiger charge is -2.34. The van der Waals surface area contributed by atoms with Crippen molar-refractivity contribution in [2.45, 2.75) is 63.3 Å². The molecule has 2 aliphatic heterocycles. The number of oxazole rings is 1. The number of fused-ring (bicyclic) bond motifs is 1. The van der Waals surface area contributed by atoms with Gasteiger partial charge in [0.1, 0.15) is 12.0 Å². The van der Waals surface area contributed by atoms with Crippen molar-refractivity contribution in [1.82, 2.24) is 24.1 Å². The summed E-state index contributed by atoms with van der Waals surface area (Å²) in [4.78, 5) is 35.7. The number of halogens is 3. The van der Waals surface area contributed by atoms with Crippen molar-refractivity contribution < 1.29 is 50.2 Å². The van der Waals surface area contributed by atoms with Crippen LogP contribution in [0.1, 0.15) is 52.3 Å². The summed E-state index contributed by atoms with van der Waals surface area (Å²) < 4.78 is 77.1. The van der Waals surface area contributed by atoms with Crippen LogP contribution in [0.15, 0.2) is 46.0 Å². The van der Waals surface area contributed by atoms with Crippen LogP contribution in [0.5, 0.6) is 11.6 Å². The predicted octanol–water partition coefficient (Wildman–Crippen LogP) is 4.28. The lowest BCUT2D eigenvalue weighted by atomic mass is 9.88. The van der Waals surface area contributed by atoms with Gasteiger partial charge < -0.3 is 23.9 Å². The molecular weight excluding hydrogens is 683 g/mol. The van der Waals surface area contributed by atoms with E-state index in [1.807, 2.05) is 23.2 Å². The fourth-order valence-electron chi connectivity index (χ4n) is 6.54. The summed E-state index contributed by atoms with van der Waals surface area (Å²) >= 11 is 0. The highest BCUT2D eigenvalue weighted by Gasteiger charge is 2.42. The third-order valence-corrected chi connectivity index (χ3v) is 11.3. The van der Waals surface area contributed by atoms with Crippen molar-refractivity contribution in [3.63, 3.8) is 0 Å². The van der Waals surface area contributed by atoms with Gasteiger partial charge in [0.25, 0.3) is 5.91 Å². The summed E-state index contributed by atoms with van der Waals surface area (Å²) in [5.41, 5.74) is 2.61. The highest BCUT2D eigenvalue weighted by atomic mass is 32.2. The number of aryl methyl sites for hydroxylation is 2. The maximum Gasteiger partial charge on any atom is 0.490 e. The molecule has 1 aromatic carbocycles. The number of piperidine rings is 1. The van der Waals surface area contributed by atoms with Gasteiger partial charge in [0, 0.05) is 44.5 Å². The molecule has 2 saturated heterocycles. The van der Waals surface area contributed by atoms with Gasteiger partial charge in [0.2, 0.25) is 21.8 Å². The number of methoxy groups -OCH3 is 2. The minimum absolute atomic E-state index is 0.0222. The smallest absolute Gasteiger partial charge is 0.490 e. The van der Waals surface area contributed by atoms with Crippen molar-refractivity contribution in [2.75, 3.05) is 40.4 Å². The number of pyridine rings is 1. The molecule has 1 saturated carbocycles. The zero-order chi connectivity index (χ0) is 36.4. The van der Waals surface area contributed by atoms with Crippen LogP contribution in [0.25, 0.3) is 0 Å². The Balaban J connectivity index is 0.000000630. The highest BCUT2D eigenvalue weighted by Crippen LogP contribution is 2.37. The number of amides is 1. The average molecular weight is 724 g/mol. The highest BCUT2D eigenvalue weighted by molar-refractivity contribution is 7.89. The molecule has 50 heavy (non-hydrogen) atoms. The number of aliphatic carboxylic acids is 1. The first-order valence-corrected chi connectivity index (χ1v) is 17.5. The number of carbonyl (C=O) groups excluding carboxylic acids is 1. The van der Waals surface area contributed by atoms with E-state index in [-0.39, 0.29) is 35.0 Å². The first-order valence-electron chi connectivity index (χ1n) is 16.0. The third-order valence-electron chi connectivity index (χ3n) is 9.08. The Hall–Kier alpha value is -4.22. The molecule has 4 heterocycles. The first kappa shape index (κ1) is 37.0. The van der Waals surface area contributed by atoms with E-state index in [9.17, 15) is 26.4 Å². The van der Waals surface area contributed by atoms with Gasteiger partial charge in [-0.25, -0.2) is 23.2 Å². The van der Waals surface area contributed by atoms with Crippen LogP contribution in [0, 0.1) is 25.7 Å². The summed E-state index contributed by atoms with van der Waals surface area (Å²) in [6.07, 6.45) is 0.724. The number of carboxylic acids is 1. The number of alkyl halides is 3. The van der Waals surface area contributed by atoms with E-state index in [4.69, 9.17) is 23.8 Å². The lowest BCUT2D eigenvalue weighted by Crippen LogP contribution is -2.39. The predicted molar refractivity (Wildman–Crippen MR) is 172 cm³/mol. The number of carbonyl (C=O) groups is 2. The number of sulfonamides is 1. The van der Waals surface area contributed by atoms with E-state index in [0.717, 1.165) is 44.5 Å². The van der Waals surface area contributed by atoms with Gasteiger partial charge in [0.15, 0.2) is 5.69 Å². The number of hydrogen-bond acceptors (Lipinski definition) is 10. The Morgan fingerprint density at radius 3 is 2.26 bits per heavy atom. The number of ether oxygens (including phenoxy) is 2. The maximum absolute atomic E-state index is 13.9. The molecule has 1 aliphatic carbocycles. The van der Waals surface area contributed by atoms with Crippen LogP contribution in [-0.4, -0.2) is 102 Å². The molecule has 272 valence electrons. The number of carboxylic acid groups (broad SMARTS) is 1. The van der Waals surface area contributed by atoms with Crippen LogP contribution in [0.3, 0.4) is 0 Å². The second-order valence-corrected chi connectivity index (χ2v) is 14.6. The van der Waals surface area contributed by atoms with Gasteiger partial charge in [-0.05, 0) is 80.3 Å². The Bertz CT molecular complexity index is 1770. The number of aromatic nitrogens is 2. The van der Waals surface area contributed by atoms with Crippen LogP contribution >= 0.6 is 0 Å². The first-order chi connectivity index (χ1) is 23.6. The summed E-state index contributed by atoms with van der Waals surface area (Å²) in [7, 11) is -0.655. The van der Waals surface area contributed by atoms with E-state index in [0.29, 0.717) is 47.7 Å². The van der Waals surface area contributed by atoms with Gasteiger partial charge in [-0.1, -0.05) is 6.07 Å². The third kappa shape index (κ3) is 8.55. The Morgan fingerprint density at radius 1 is 1.04 bits per heavy atom. The molecular formula is C33H40F3N5O8S. The molecule has 3 fully saturated rings. The lowest BCUT2D eigenvalue weighted by molar-refractivity contribution is -0.192. The van der Waals surface area contributed by atoms with Crippen LogP contribution < -0.4 is 9.47 Å². The summed E-state index contributed by atoms with van der Waals surface area (Å²) in [5, 5.41) is 7.12. The van der Waals surface area contributed by atoms with Crippen molar-refractivity contribution in [1.29, 1.82) is 0 Å². The van der Waals surface area contributed by atoms with E-state index >= 15 is 0 Å². The second-order valence-electron chi connectivity index (χ2n) is 12.8. The number of benzene rings is 1. The quantitative estimate of drug-likeness (QED) is 0.319. The topological polar surface area (TPSA) is 156 Å². The molecule has 2 atom stereocenters. The van der Waals surface area contributed by atoms with Crippen LogP contribution in [0.2, 0.25) is 0 Å². The van der Waals surface area contributed by atoms with Crippen molar-refractivity contribution in [3.05, 3.63) is 65.0 Å². The molecule has 3 aliphatic rings. The molecule has 0 radical (unpaired) electrons. The molecule has 1 N–H and O–H groups in total. The normalized spacial score (nSPS) is 19.5. The minimum atomic E-state index is -5.08. The van der Waals surface area contributed by atoms with Gasteiger partial charge in [0.05, 0.1) is 25.7 Å². The van der Waals surface area contributed by atoms with Gasteiger partial charge >= 0.3 is 12.1 Å². The zero-order valence-corrected chi connectivity index (χ0v) is 29.0. The van der Waals surface area contributed by atoms with Crippen molar-refractivity contribution >= 4 is 21.9 Å². The molecule has 0 bridgehead atoms. The Kier molecular flexibility index (Phi) is 11.1. The average Bonchev–Trinajstić information content (AvgIpc) is 3.63. The molecule has 17 heteroatoms. The van der Waals surface area contributed by atoms with Crippen molar-refractivity contribution in [2.24, 2.45) is 11.8 Å². The minimum Gasteiger partial charge on any atom is -0.497 e. The van der Waals surface area contributed by atoms with Crippen molar-refractivity contribution in [3.8, 4) is 11.6 Å². The monoisotopic (exact) mass is 723 g/mol. The number of likely N-dealkylation sites (tertiary alicyclic amines) is 2. The largest absolute Gasteiger partial charge is 0.497 e. The van der Waals surface area contributed by atoms with E-state index in [2.05, 4.69) is 14.9 Å². The molecule has 13 nitrogen and oxygen atoms in total. The molecule has 6 rings (SSSR count). The molecule has 0 spiro atoms. The van der Waals surface area contributed by atoms with Gasteiger partial charge in [-0.2, -0.15) is 17.5 Å². The Morgan fingerprint density at radius 2 is 1.70 bits per heavy atom. The number of nitrogens with zero attached hydrogens (tertiary/aromatic N) is 5. The van der Waals surface area contributed by atoms with E-state index in [1.54, 1.807) is 40.2 Å². The summed E-state index contributed by atoms with van der Waals surface area (Å²) in [6, 6.07) is 7.27. The fourth-order valence-corrected chi connectivity index (χ4v) is 8.59. The summed E-state index contributed by atoms with van der Waals surface area (Å²) in [6.45, 7) is 7.61. The zero-order valence-electron chi connectivity index (χ0n) is 28.1. The molecule has 2 unspecified atom stereocenters. The SMILES string of the molecule is COc1cc(C)c(S(=O)(=O)N(Cc2nc(C(=O)N3CC4CCN(Cc5ccc(OC)nc5)CC4C3)co2)C2CC2)c(C)c1.O=C(O)C(F)(F)F. The standard InChI is InChI=1S/C31H39N5O6S.C2HF3O2/c1-20-11-26(40-3)12-21(2)30(20)43(38,39)36(25-6-7-25)18-29-33-27(19-42-29)31(37)35-16-23-9-10-34(15-24(23)17-35)14-22-5-8-28(41-4)32-13-22;3-2(4,5)1(6)7/h5,8,11-13,19,23-25H,6-7,9-10,14-18H2,1-4H3;(H,6,7). The van der Waals surface area contributed by atoms with Crippen LogP contribution in [0.4, 0.5) is 13.2 Å². The second kappa shape index (κ2) is 14.9. The maximum atomic E-state index is 13.9. The molecule has 1 amide bonds. The Labute approximate surface area is 288 Å². The fraction of sp³-hybridized carbons (Fsp3) is 0.515. The number of rotatable bonds is 10. The van der Waals surface area contributed by atoms with Gasteiger partial charge in [-0.15, -0.1) is 0 Å². The summed E-state index contributed by atoms with van der Waals surface area (Å²) in [5.74, 6) is -0.641. The number of hydrogen-bond donors (Lipinski definition) is 1. The van der Waals surface area contributed by atoms with E-state index < -0.39 is 22.2 Å². The molecule has 2 aromatic heterocycles. The molecule has 3 aromatic rings. The van der Waals surface area contributed by atoms with Gasteiger partial charge in [-0.3, -0.25) is 9.69 Å². The van der Waals surface area contributed by atoms with Crippen LogP contribution in [-0.2, 0) is 27.9 Å². The van der Waals surface area contributed by atoms with E-state index in [1.165, 1.54) is 10.6 Å².